The predicted molar refractivity (Wildman–Crippen MR) is 124 cm³/mol. The maximum absolute atomic E-state index is 12.7. The summed E-state index contributed by atoms with van der Waals surface area (Å²) in [6, 6.07) is 7.35. The molecule has 0 saturated carbocycles. The van der Waals surface area contributed by atoms with Crippen LogP contribution in [0.1, 0.15) is 12.8 Å². The van der Waals surface area contributed by atoms with E-state index >= 15 is 0 Å². The number of anilines is 1. The van der Waals surface area contributed by atoms with Gasteiger partial charge in [-0.05, 0) is 24.3 Å². The number of thiophene rings is 1. The van der Waals surface area contributed by atoms with Gasteiger partial charge in [0.25, 0.3) is 0 Å². The van der Waals surface area contributed by atoms with Crippen LogP contribution in [0.2, 0.25) is 5.02 Å². The fourth-order valence-electron chi connectivity index (χ4n) is 3.62. The standard InChI is InChI=1S/C21H21ClN4O4S2/c22-14-9-16-17(30-7-6-29-16)10-15(14)23-19(27)12-32-21-25-24-20(18-4-2-8-31-18)26(21)11-13-3-1-5-28-13/h2,4,8-10,13H,1,3,5-7,11-12H2,(H,23,27). The molecule has 32 heavy (non-hydrogen) atoms. The van der Waals surface area contributed by atoms with E-state index in [-0.39, 0.29) is 17.8 Å². The summed E-state index contributed by atoms with van der Waals surface area (Å²) in [5, 5.41) is 14.7. The summed E-state index contributed by atoms with van der Waals surface area (Å²) in [6.07, 6.45) is 2.20. The summed E-state index contributed by atoms with van der Waals surface area (Å²) < 4.78 is 19.0. The molecular weight excluding hydrogens is 472 g/mol. The van der Waals surface area contributed by atoms with Crippen molar-refractivity contribution in [3.63, 3.8) is 0 Å². The molecule has 1 saturated heterocycles. The lowest BCUT2D eigenvalue weighted by atomic mass is 10.2. The smallest absolute Gasteiger partial charge is 0.234 e. The largest absolute Gasteiger partial charge is 0.486 e. The van der Waals surface area contributed by atoms with Gasteiger partial charge in [0.1, 0.15) is 13.2 Å². The maximum Gasteiger partial charge on any atom is 0.234 e. The number of carbonyl (C=O) groups is 1. The lowest BCUT2D eigenvalue weighted by Gasteiger charge is -2.20. The van der Waals surface area contributed by atoms with Gasteiger partial charge in [0.05, 0.1) is 34.0 Å². The summed E-state index contributed by atoms with van der Waals surface area (Å²) in [7, 11) is 0. The third kappa shape index (κ3) is 4.73. The summed E-state index contributed by atoms with van der Waals surface area (Å²) in [5.74, 6) is 1.92. The van der Waals surface area contributed by atoms with Gasteiger partial charge in [0.15, 0.2) is 22.5 Å². The second-order valence-corrected chi connectivity index (χ2v) is 9.64. The number of hydrogen-bond acceptors (Lipinski definition) is 8. The first kappa shape index (κ1) is 21.6. The van der Waals surface area contributed by atoms with E-state index in [4.69, 9.17) is 25.8 Å². The van der Waals surface area contributed by atoms with E-state index in [1.807, 2.05) is 17.5 Å². The van der Waals surface area contributed by atoms with Crippen LogP contribution >= 0.6 is 34.7 Å². The third-order valence-electron chi connectivity index (χ3n) is 5.11. The highest BCUT2D eigenvalue weighted by Crippen LogP contribution is 2.38. The van der Waals surface area contributed by atoms with Crippen molar-refractivity contribution in [2.24, 2.45) is 0 Å². The average Bonchev–Trinajstić information content (AvgIpc) is 3.56. The second-order valence-electron chi connectivity index (χ2n) is 7.34. The Hall–Kier alpha value is -2.27. The Bertz CT molecular complexity index is 1100. The Balaban J connectivity index is 1.28. The van der Waals surface area contributed by atoms with Crippen LogP contribution in [0.5, 0.6) is 11.5 Å². The van der Waals surface area contributed by atoms with Crippen LogP contribution in [0.15, 0.2) is 34.8 Å². The van der Waals surface area contributed by atoms with Crippen LogP contribution in [0.3, 0.4) is 0 Å². The summed E-state index contributed by atoms with van der Waals surface area (Å²) in [6.45, 7) is 2.39. The number of thioether (sulfide) groups is 1. The number of carbonyl (C=O) groups excluding carboxylic acids is 1. The van der Waals surface area contributed by atoms with E-state index in [0.717, 1.165) is 30.2 Å². The zero-order chi connectivity index (χ0) is 21.9. The van der Waals surface area contributed by atoms with Crippen LogP contribution in [0.4, 0.5) is 5.69 Å². The number of amides is 1. The molecule has 0 radical (unpaired) electrons. The molecule has 1 unspecified atom stereocenters. The topological polar surface area (TPSA) is 87.5 Å². The molecule has 2 aliphatic rings. The van der Waals surface area contributed by atoms with Gasteiger partial charge >= 0.3 is 0 Å². The van der Waals surface area contributed by atoms with Gasteiger partial charge in [-0.2, -0.15) is 0 Å². The minimum atomic E-state index is -0.196. The number of halogens is 1. The van der Waals surface area contributed by atoms with Gasteiger partial charge in [0.2, 0.25) is 5.91 Å². The van der Waals surface area contributed by atoms with Crippen molar-refractivity contribution in [2.45, 2.75) is 30.6 Å². The monoisotopic (exact) mass is 492 g/mol. The number of nitrogens with zero attached hydrogens (tertiary/aromatic N) is 3. The third-order valence-corrected chi connectivity index (χ3v) is 7.25. The molecule has 4 heterocycles. The van der Waals surface area contributed by atoms with Gasteiger partial charge < -0.3 is 19.5 Å². The van der Waals surface area contributed by atoms with Crippen molar-refractivity contribution in [3.05, 3.63) is 34.7 Å². The Labute approximate surface area is 198 Å². The molecule has 2 aromatic heterocycles. The Morgan fingerprint density at radius 3 is 2.84 bits per heavy atom. The van der Waals surface area contributed by atoms with Gasteiger partial charge in [0, 0.05) is 18.7 Å². The average molecular weight is 493 g/mol. The summed E-state index contributed by atoms with van der Waals surface area (Å²) >= 11 is 9.26. The highest BCUT2D eigenvalue weighted by Gasteiger charge is 2.23. The van der Waals surface area contributed by atoms with E-state index in [1.54, 1.807) is 23.5 Å². The summed E-state index contributed by atoms with van der Waals surface area (Å²) in [4.78, 5) is 13.7. The Morgan fingerprint density at radius 2 is 2.09 bits per heavy atom. The zero-order valence-corrected chi connectivity index (χ0v) is 19.5. The van der Waals surface area contributed by atoms with Crippen molar-refractivity contribution >= 4 is 46.3 Å². The van der Waals surface area contributed by atoms with Crippen molar-refractivity contribution in [3.8, 4) is 22.2 Å². The highest BCUT2D eigenvalue weighted by molar-refractivity contribution is 7.99. The molecular formula is C21H21ClN4O4S2. The molecule has 0 bridgehead atoms. The van der Waals surface area contributed by atoms with E-state index in [9.17, 15) is 4.79 Å². The van der Waals surface area contributed by atoms with E-state index in [0.29, 0.717) is 47.1 Å². The number of fused-ring (bicyclic) bond motifs is 1. The highest BCUT2D eigenvalue weighted by atomic mass is 35.5. The molecule has 5 rings (SSSR count). The van der Waals surface area contributed by atoms with Gasteiger partial charge in [-0.3, -0.25) is 9.36 Å². The number of ether oxygens (including phenoxy) is 3. The molecule has 0 aliphatic carbocycles. The molecule has 1 N–H and O–H groups in total. The second kappa shape index (κ2) is 9.70. The maximum atomic E-state index is 12.7. The van der Waals surface area contributed by atoms with Crippen molar-refractivity contribution in [1.29, 1.82) is 0 Å². The molecule has 1 atom stereocenters. The lowest BCUT2D eigenvalue weighted by molar-refractivity contribution is -0.113. The molecule has 2 aliphatic heterocycles. The fourth-order valence-corrected chi connectivity index (χ4v) is 5.28. The normalized spacial score (nSPS) is 17.5. The van der Waals surface area contributed by atoms with Crippen LogP contribution in [-0.4, -0.2) is 52.3 Å². The Kier molecular flexibility index (Phi) is 6.54. The first-order valence-corrected chi connectivity index (χ1v) is 12.5. The molecule has 11 heteroatoms. The Morgan fingerprint density at radius 1 is 1.25 bits per heavy atom. The van der Waals surface area contributed by atoms with Crippen LogP contribution in [-0.2, 0) is 16.1 Å². The minimum absolute atomic E-state index is 0.134. The van der Waals surface area contributed by atoms with Crippen molar-refractivity contribution in [2.75, 3.05) is 30.9 Å². The lowest BCUT2D eigenvalue weighted by Crippen LogP contribution is -2.19. The van der Waals surface area contributed by atoms with E-state index in [2.05, 4.69) is 20.1 Å². The predicted octanol–water partition coefficient (Wildman–Crippen LogP) is 4.34. The molecule has 1 aromatic carbocycles. The molecule has 1 amide bonds. The van der Waals surface area contributed by atoms with Gasteiger partial charge in [-0.25, -0.2) is 0 Å². The summed E-state index contributed by atoms with van der Waals surface area (Å²) in [5.41, 5.74) is 0.488. The number of aromatic nitrogens is 3. The van der Waals surface area contributed by atoms with Crippen LogP contribution in [0.25, 0.3) is 10.7 Å². The van der Waals surface area contributed by atoms with Crippen molar-refractivity contribution < 1.29 is 19.0 Å². The van der Waals surface area contributed by atoms with Gasteiger partial charge in [-0.15, -0.1) is 21.5 Å². The van der Waals surface area contributed by atoms with E-state index in [1.165, 1.54) is 11.8 Å². The minimum Gasteiger partial charge on any atom is -0.486 e. The molecule has 8 nitrogen and oxygen atoms in total. The first-order valence-electron chi connectivity index (χ1n) is 10.3. The molecule has 1 fully saturated rings. The number of nitrogens with one attached hydrogen (secondary N) is 1. The molecule has 168 valence electrons. The molecule has 3 aromatic rings. The fraction of sp³-hybridized carbons (Fsp3) is 0.381. The van der Waals surface area contributed by atoms with Crippen LogP contribution < -0.4 is 14.8 Å². The van der Waals surface area contributed by atoms with Gasteiger partial charge in [-0.1, -0.05) is 29.4 Å². The van der Waals surface area contributed by atoms with Crippen molar-refractivity contribution in [1.82, 2.24) is 14.8 Å². The van der Waals surface area contributed by atoms with Crippen LogP contribution in [0, 0.1) is 0 Å². The SMILES string of the molecule is O=C(CSc1nnc(-c2cccs2)n1CC1CCCO1)Nc1cc2c(cc1Cl)OCCO2. The van der Waals surface area contributed by atoms with E-state index < -0.39 is 0 Å². The zero-order valence-electron chi connectivity index (χ0n) is 17.1. The molecule has 0 spiro atoms. The first-order chi connectivity index (χ1) is 15.7. The number of rotatable bonds is 7. The number of hydrogen-bond donors (Lipinski definition) is 1. The number of benzene rings is 1. The quantitative estimate of drug-likeness (QED) is 0.491.